The van der Waals surface area contributed by atoms with Gasteiger partial charge in [-0.15, -0.1) is 0 Å². The van der Waals surface area contributed by atoms with Crippen LogP contribution in [0.1, 0.15) is 0 Å². The van der Waals surface area contributed by atoms with Crippen LogP contribution in [-0.2, 0) is 0 Å². The lowest BCUT2D eigenvalue weighted by Crippen LogP contribution is -1.86. The molecule has 0 atom stereocenters. The predicted octanol–water partition coefficient (Wildman–Crippen LogP) is 3.59. The monoisotopic (exact) mass is 363 g/mol. The molecule has 0 bridgehead atoms. The van der Waals surface area contributed by atoms with Gasteiger partial charge < -0.3 is 10.3 Å². The van der Waals surface area contributed by atoms with Crippen LogP contribution >= 0.6 is 22.6 Å². The summed E-state index contributed by atoms with van der Waals surface area (Å²) in [7, 11) is 0. The van der Waals surface area contributed by atoms with Crippen molar-refractivity contribution in [2.24, 2.45) is 0 Å². The Balaban J connectivity index is 2.03. The van der Waals surface area contributed by atoms with Crippen molar-refractivity contribution in [1.82, 2.24) is 10.1 Å². The molecule has 0 fully saturated rings. The second-order valence-electron chi connectivity index (χ2n) is 4.03. The van der Waals surface area contributed by atoms with Gasteiger partial charge in [0.25, 0.3) is 5.89 Å². The van der Waals surface area contributed by atoms with Crippen molar-refractivity contribution < 1.29 is 4.52 Å². The molecule has 2 N–H and O–H groups in total. The lowest BCUT2D eigenvalue weighted by Gasteiger charge is -1.97. The number of nitrogen functional groups attached to an aromatic ring is 1. The van der Waals surface area contributed by atoms with Gasteiger partial charge in [0.1, 0.15) is 0 Å². The second-order valence-corrected chi connectivity index (χ2v) is 5.19. The molecular weight excluding hydrogens is 353 g/mol. The third-order valence-electron chi connectivity index (χ3n) is 2.67. The highest BCUT2D eigenvalue weighted by atomic mass is 127. The maximum Gasteiger partial charge on any atom is 0.258 e. The van der Waals surface area contributed by atoms with Gasteiger partial charge in [-0.25, -0.2) is 0 Å². The fourth-order valence-electron chi connectivity index (χ4n) is 1.76. The zero-order valence-corrected chi connectivity index (χ0v) is 12.0. The Bertz CT molecular complexity index is 724. The Labute approximate surface area is 123 Å². The van der Waals surface area contributed by atoms with E-state index in [0.29, 0.717) is 17.4 Å². The molecule has 0 spiro atoms. The molecule has 0 amide bonds. The van der Waals surface area contributed by atoms with Crippen LogP contribution in [0.4, 0.5) is 5.69 Å². The SMILES string of the molecule is Nc1cccc(-c2nc(-c3ccccc3I)no2)c1. The van der Waals surface area contributed by atoms with Gasteiger partial charge in [-0.3, -0.25) is 0 Å². The van der Waals surface area contributed by atoms with Gasteiger partial charge in [0, 0.05) is 20.4 Å². The number of aromatic nitrogens is 2. The molecule has 0 aliphatic carbocycles. The standard InChI is InChI=1S/C14H10IN3O/c15-12-7-2-1-6-11(12)13-17-14(19-18-13)9-4-3-5-10(16)8-9/h1-8H,16H2. The first-order valence-corrected chi connectivity index (χ1v) is 6.76. The molecule has 0 aliphatic rings. The minimum absolute atomic E-state index is 0.474. The maximum atomic E-state index is 5.75. The molecule has 3 rings (SSSR count). The largest absolute Gasteiger partial charge is 0.399 e. The van der Waals surface area contributed by atoms with E-state index in [1.165, 1.54) is 0 Å². The lowest BCUT2D eigenvalue weighted by atomic mass is 10.2. The maximum absolute atomic E-state index is 5.75. The van der Waals surface area contributed by atoms with E-state index in [-0.39, 0.29) is 0 Å². The molecule has 0 unspecified atom stereocenters. The Kier molecular flexibility index (Phi) is 3.20. The number of nitrogens with two attached hydrogens (primary N) is 1. The summed E-state index contributed by atoms with van der Waals surface area (Å²) in [6, 6.07) is 15.3. The van der Waals surface area contributed by atoms with Gasteiger partial charge in [0.2, 0.25) is 5.82 Å². The van der Waals surface area contributed by atoms with Crippen LogP contribution in [0, 0.1) is 3.57 Å². The molecule has 1 heterocycles. The number of benzene rings is 2. The van der Waals surface area contributed by atoms with Gasteiger partial charge in [0.05, 0.1) is 0 Å². The molecular formula is C14H10IN3O. The Morgan fingerprint density at radius 2 is 1.89 bits per heavy atom. The molecule has 3 aromatic rings. The molecule has 1 aromatic heterocycles. The Morgan fingerprint density at radius 3 is 2.68 bits per heavy atom. The first-order chi connectivity index (χ1) is 9.24. The number of rotatable bonds is 2. The molecule has 0 saturated carbocycles. The van der Waals surface area contributed by atoms with Crippen molar-refractivity contribution in [2.75, 3.05) is 5.73 Å². The minimum Gasteiger partial charge on any atom is -0.399 e. The third-order valence-corrected chi connectivity index (χ3v) is 3.62. The summed E-state index contributed by atoms with van der Waals surface area (Å²) in [5, 5.41) is 4.02. The van der Waals surface area contributed by atoms with E-state index in [1.54, 1.807) is 0 Å². The summed E-state index contributed by atoms with van der Waals surface area (Å²) >= 11 is 2.25. The molecule has 94 valence electrons. The average Bonchev–Trinajstić information content (AvgIpc) is 2.89. The van der Waals surface area contributed by atoms with Gasteiger partial charge in [-0.2, -0.15) is 4.98 Å². The fraction of sp³-hybridized carbons (Fsp3) is 0. The van der Waals surface area contributed by atoms with E-state index in [2.05, 4.69) is 32.7 Å². The smallest absolute Gasteiger partial charge is 0.258 e. The highest BCUT2D eigenvalue weighted by Gasteiger charge is 2.12. The number of halogens is 1. The van der Waals surface area contributed by atoms with Crippen LogP contribution in [0.25, 0.3) is 22.8 Å². The lowest BCUT2D eigenvalue weighted by molar-refractivity contribution is 0.432. The van der Waals surface area contributed by atoms with Crippen molar-refractivity contribution in [3.8, 4) is 22.8 Å². The molecule has 0 radical (unpaired) electrons. The van der Waals surface area contributed by atoms with Crippen LogP contribution in [0.3, 0.4) is 0 Å². The molecule has 5 heteroatoms. The minimum atomic E-state index is 0.474. The van der Waals surface area contributed by atoms with E-state index in [4.69, 9.17) is 10.3 Å². The zero-order valence-electron chi connectivity index (χ0n) is 9.88. The van der Waals surface area contributed by atoms with E-state index in [9.17, 15) is 0 Å². The van der Waals surface area contributed by atoms with Gasteiger partial charge in [-0.1, -0.05) is 23.4 Å². The average molecular weight is 363 g/mol. The molecule has 0 saturated heterocycles. The van der Waals surface area contributed by atoms with Crippen LogP contribution in [0.5, 0.6) is 0 Å². The summed E-state index contributed by atoms with van der Waals surface area (Å²) < 4.78 is 6.38. The van der Waals surface area contributed by atoms with Crippen molar-refractivity contribution in [3.63, 3.8) is 0 Å². The van der Waals surface area contributed by atoms with E-state index in [1.807, 2.05) is 48.5 Å². The van der Waals surface area contributed by atoms with Crippen LogP contribution in [0.2, 0.25) is 0 Å². The van der Waals surface area contributed by atoms with Gasteiger partial charge in [0.15, 0.2) is 0 Å². The molecule has 2 aromatic carbocycles. The van der Waals surface area contributed by atoms with Gasteiger partial charge >= 0.3 is 0 Å². The van der Waals surface area contributed by atoms with E-state index >= 15 is 0 Å². The van der Waals surface area contributed by atoms with Crippen molar-refractivity contribution in [3.05, 3.63) is 52.1 Å². The zero-order chi connectivity index (χ0) is 13.2. The first-order valence-electron chi connectivity index (χ1n) is 5.68. The highest BCUT2D eigenvalue weighted by molar-refractivity contribution is 14.1. The molecule has 19 heavy (non-hydrogen) atoms. The van der Waals surface area contributed by atoms with Crippen molar-refractivity contribution in [2.45, 2.75) is 0 Å². The molecule has 0 aliphatic heterocycles. The Hall–Kier alpha value is -1.89. The van der Waals surface area contributed by atoms with Crippen LogP contribution in [0.15, 0.2) is 53.1 Å². The van der Waals surface area contributed by atoms with Crippen molar-refractivity contribution >= 4 is 28.3 Å². The summed E-state index contributed by atoms with van der Waals surface area (Å²) in [5.41, 5.74) is 8.20. The number of hydrogen-bond acceptors (Lipinski definition) is 4. The summed E-state index contributed by atoms with van der Waals surface area (Å²) in [5.74, 6) is 1.06. The number of hydrogen-bond donors (Lipinski definition) is 1. The second kappa shape index (κ2) is 5.00. The summed E-state index contributed by atoms with van der Waals surface area (Å²) in [6.45, 7) is 0. The first kappa shape index (κ1) is 12.2. The normalized spacial score (nSPS) is 10.6. The number of nitrogens with zero attached hydrogens (tertiary/aromatic N) is 2. The predicted molar refractivity (Wildman–Crippen MR) is 82.3 cm³/mol. The quantitative estimate of drug-likeness (QED) is 0.558. The van der Waals surface area contributed by atoms with Crippen LogP contribution in [-0.4, -0.2) is 10.1 Å². The fourth-order valence-corrected chi connectivity index (χ4v) is 2.39. The number of anilines is 1. The molecule has 4 nitrogen and oxygen atoms in total. The highest BCUT2D eigenvalue weighted by Crippen LogP contribution is 2.26. The van der Waals surface area contributed by atoms with Crippen LogP contribution < -0.4 is 5.73 Å². The van der Waals surface area contributed by atoms with Crippen molar-refractivity contribution in [1.29, 1.82) is 0 Å². The van der Waals surface area contributed by atoms with Gasteiger partial charge in [-0.05, 0) is 52.9 Å². The topological polar surface area (TPSA) is 64.9 Å². The summed E-state index contributed by atoms with van der Waals surface area (Å²) in [4.78, 5) is 4.41. The summed E-state index contributed by atoms with van der Waals surface area (Å²) in [6.07, 6.45) is 0. The van der Waals surface area contributed by atoms with E-state index < -0.39 is 0 Å². The third kappa shape index (κ3) is 2.46. The van der Waals surface area contributed by atoms with E-state index in [0.717, 1.165) is 14.7 Å². The Morgan fingerprint density at radius 1 is 1.05 bits per heavy atom.